The van der Waals surface area contributed by atoms with E-state index in [0.717, 1.165) is 11.8 Å². The van der Waals surface area contributed by atoms with Crippen LogP contribution >= 0.6 is 0 Å². The van der Waals surface area contributed by atoms with Crippen molar-refractivity contribution in [3.8, 4) is 0 Å². The first-order chi connectivity index (χ1) is 11.2. The molecule has 2 radical (unpaired) electrons. The summed E-state index contributed by atoms with van der Waals surface area (Å²) in [4.78, 5) is 0. The quantitative estimate of drug-likeness (QED) is 0.504. The molecule has 4 fully saturated rings. The third-order valence-corrected chi connectivity index (χ3v) is 16.1. The summed E-state index contributed by atoms with van der Waals surface area (Å²) in [5.74, 6) is 4.63. The monoisotopic (exact) mass is 344 g/mol. The summed E-state index contributed by atoms with van der Waals surface area (Å²) in [5.41, 5.74) is 2.41. The first-order valence-electron chi connectivity index (χ1n) is 10.9. The minimum atomic E-state index is -1.12. The third-order valence-electron chi connectivity index (χ3n) is 9.04. The largest absolute Gasteiger partial charge is 0.120 e. The summed E-state index contributed by atoms with van der Waals surface area (Å²) < 4.78 is 0. The number of rotatable bonds is 4. The molecule has 0 heterocycles. The second-order valence-electron chi connectivity index (χ2n) is 9.83. The van der Waals surface area contributed by atoms with Crippen LogP contribution in [0.3, 0.4) is 0 Å². The first-order valence-corrected chi connectivity index (χ1v) is 14.6. The Morgan fingerprint density at radius 2 is 1.17 bits per heavy atom. The Kier molecular flexibility index (Phi) is 5.35. The van der Waals surface area contributed by atoms with Gasteiger partial charge in [0.25, 0.3) is 0 Å². The van der Waals surface area contributed by atoms with E-state index in [1.165, 1.54) is 28.2 Å². The van der Waals surface area contributed by atoms with Crippen molar-refractivity contribution < 1.29 is 0 Å². The first kappa shape index (κ1) is 17.2. The van der Waals surface area contributed by atoms with E-state index in [4.69, 9.17) is 0 Å². The fourth-order valence-corrected chi connectivity index (χ4v) is 16.3. The number of fused-ring (bicyclic) bond motifs is 2. The highest BCUT2D eigenvalue weighted by Crippen LogP contribution is 2.62. The Balaban J connectivity index is 1.58. The maximum absolute atomic E-state index is 3.11. The van der Waals surface area contributed by atoms with Crippen molar-refractivity contribution in [2.24, 2.45) is 23.7 Å². The highest BCUT2D eigenvalue weighted by Gasteiger charge is 2.54. The molecule has 0 amide bonds. The lowest BCUT2D eigenvalue weighted by Gasteiger charge is -2.47. The van der Waals surface area contributed by atoms with Gasteiger partial charge in [-0.25, -0.2) is 0 Å². The Labute approximate surface area is 154 Å². The lowest BCUT2D eigenvalue weighted by atomic mass is 9.81. The van der Waals surface area contributed by atoms with E-state index in [0.29, 0.717) is 0 Å². The number of hydrogen-bond acceptors (Lipinski definition) is 0. The SMILES string of the molecule is C[Si](C[CH2][Al])(C1CCC2CCCCC21)C1CCC2CCCCC21. The molecule has 6 atom stereocenters. The van der Waals surface area contributed by atoms with Crippen LogP contribution in [0.2, 0.25) is 29.0 Å². The van der Waals surface area contributed by atoms with Gasteiger partial charge < -0.3 is 0 Å². The van der Waals surface area contributed by atoms with Gasteiger partial charge in [0, 0.05) is 0 Å². The second kappa shape index (κ2) is 7.17. The summed E-state index contributed by atoms with van der Waals surface area (Å²) in [5, 5.41) is 1.39. The molecular formula is C21H37AlSi. The summed E-state index contributed by atoms with van der Waals surface area (Å²) in [7, 11) is -1.12. The lowest BCUT2D eigenvalue weighted by molar-refractivity contribution is 0.262. The average molecular weight is 345 g/mol. The molecule has 4 aliphatic rings. The molecule has 0 spiro atoms. The van der Waals surface area contributed by atoms with E-state index in [9.17, 15) is 0 Å². The van der Waals surface area contributed by atoms with Crippen LogP contribution in [-0.2, 0) is 0 Å². The molecule has 4 rings (SSSR count). The molecule has 0 nitrogen and oxygen atoms in total. The van der Waals surface area contributed by atoms with Crippen molar-refractivity contribution in [2.75, 3.05) is 0 Å². The smallest absolute Gasteiger partial charge is 0.117 e. The Morgan fingerprint density at radius 1 is 0.696 bits per heavy atom. The Morgan fingerprint density at radius 3 is 1.65 bits per heavy atom. The van der Waals surface area contributed by atoms with Gasteiger partial charge in [0.2, 0.25) is 0 Å². The molecule has 0 aromatic rings. The van der Waals surface area contributed by atoms with Gasteiger partial charge in [-0.05, 0) is 34.8 Å². The van der Waals surface area contributed by atoms with Crippen LogP contribution in [0.4, 0.5) is 0 Å². The van der Waals surface area contributed by atoms with Gasteiger partial charge in [0.05, 0.1) is 8.07 Å². The summed E-state index contributed by atoms with van der Waals surface area (Å²) >= 11 is 3.11. The Bertz CT molecular complexity index is 377. The maximum atomic E-state index is 3.11. The van der Waals surface area contributed by atoms with Gasteiger partial charge in [0.15, 0.2) is 0 Å². The van der Waals surface area contributed by atoms with Crippen molar-refractivity contribution in [2.45, 2.75) is 106 Å². The highest BCUT2D eigenvalue weighted by molar-refractivity contribution is 6.82. The van der Waals surface area contributed by atoms with Gasteiger partial charge in [-0.2, -0.15) is 0 Å². The van der Waals surface area contributed by atoms with E-state index in [2.05, 4.69) is 22.8 Å². The van der Waals surface area contributed by atoms with Crippen LogP contribution in [0.5, 0.6) is 0 Å². The van der Waals surface area contributed by atoms with Crippen molar-refractivity contribution in [1.29, 1.82) is 0 Å². The maximum Gasteiger partial charge on any atom is 0.117 e. The van der Waals surface area contributed by atoms with E-state index < -0.39 is 8.07 Å². The van der Waals surface area contributed by atoms with Crippen molar-refractivity contribution in [3.05, 3.63) is 0 Å². The zero-order valence-electron chi connectivity index (χ0n) is 15.4. The minimum absolute atomic E-state index is 1.12. The zero-order chi connectivity index (χ0) is 15.9. The predicted octanol–water partition coefficient (Wildman–Crippen LogP) is 6.59. The minimum Gasteiger partial charge on any atom is -0.120 e. The molecule has 23 heavy (non-hydrogen) atoms. The zero-order valence-corrected chi connectivity index (χ0v) is 17.6. The van der Waals surface area contributed by atoms with Crippen LogP contribution in [0.15, 0.2) is 0 Å². The molecule has 0 saturated heterocycles. The van der Waals surface area contributed by atoms with Gasteiger partial charge in [-0.15, -0.1) is 5.28 Å². The molecule has 4 aliphatic carbocycles. The standard InChI is InChI=1S/C21H37Si.Al/c1-3-22(2,20-14-12-16-8-4-6-10-18(16)20)21-15-13-17-9-5-7-11-19(17)21;/h16-21H,1,3-15H2,2H3;. The molecule has 2 heteroatoms. The molecule has 128 valence electrons. The van der Waals surface area contributed by atoms with Crippen LogP contribution in [0.25, 0.3) is 0 Å². The molecule has 0 aromatic heterocycles. The summed E-state index contributed by atoms with van der Waals surface area (Å²) in [6.45, 7) is 2.90. The lowest BCUT2D eigenvalue weighted by Crippen LogP contribution is -2.46. The molecule has 0 aliphatic heterocycles. The van der Waals surface area contributed by atoms with E-state index in [1.54, 1.807) is 83.1 Å². The summed E-state index contributed by atoms with van der Waals surface area (Å²) in [6, 6.07) is 1.62. The van der Waals surface area contributed by atoms with Gasteiger partial charge in [0.1, 0.15) is 16.3 Å². The molecule has 0 N–H and O–H groups in total. The fraction of sp³-hybridized carbons (Fsp3) is 1.00. The third kappa shape index (κ3) is 3.04. The Hall–Kier alpha value is 0.749. The topological polar surface area (TPSA) is 0 Å². The predicted molar refractivity (Wildman–Crippen MR) is 104 cm³/mol. The van der Waals surface area contributed by atoms with E-state index in [1.807, 2.05) is 0 Å². The molecule has 6 unspecified atom stereocenters. The second-order valence-corrected chi connectivity index (χ2v) is 15.4. The normalized spacial score (nSPS) is 46.1. The van der Waals surface area contributed by atoms with Crippen molar-refractivity contribution in [3.63, 3.8) is 0 Å². The van der Waals surface area contributed by atoms with Gasteiger partial charge in [-0.1, -0.05) is 89.6 Å². The van der Waals surface area contributed by atoms with E-state index in [-0.39, 0.29) is 0 Å². The molecule has 4 saturated carbocycles. The van der Waals surface area contributed by atoms with Crippen LogP contribution in [-0.4, -0.2) is 24.4 Å². The molecule has 0 bridgehead atoms. The van der Waals surface area contributed by atoms with Crippen LogP contribution < -0.4 is 0 Å². The van der Waals surface area contributed by atoms with Crippen molar-refractivity contribution in [1.82, 2.24) is 0 Å². The van der Waals surface area contributed by atoms with E-state index >= 15 is 0 Å². The van der Waals surface area contributed by atoms with Gasteiger partial charge >= 0.3 is 0 Å². The van der Waals surface area contributed by atoms with Gasteiger partial charge in [-0.3, -0.25) is 0 Å². The summed E-state index contributed by atoms with van der Waals surface area (Å²) in [6.07, 6.45) is 19.1. The molecular weight excluding hydrogens is 307 g/mol. The fourth-order valence-electron chi connectivity index (χ4n) is 8.06. The average Bonchev–Trinajstić information content (AvgIpc) is 3.20. The van der Waals surface area contributed by atoms with Crippen LogP contribution in [0.1, 0.15) is 77.0 Å². The van der Waals surface area contributed by atoms with Crippen molar-refractivity contribution >= 4 is 24.4 Å². The highest BCUT2D eigenvalue weighted by atomic mass is 28.3. The number of hydrogen-bond donors (Lipinski definition) is 0. The molecule has 0 aromatic carbocycles. The van der Waals surface area contributed by atoms with Crippen LogP contribution in [0, 0.1) is 23.7 Å².